The van der Waals surface area contributed by atoms with Crippen molar-refractivity contribution in [1.29, 1.82) is 0 Å². The van der Waals surface area contributed by atoms with Gasteiger partial charge in [-0.25, -0.2) is 14.6 Å². The number of anilines is 1. The Labute approximate surface area is 188 Å². The standard InChI is InChI=1S/C20H22ClN7O2S/c1-14-11-31-19(24-14)9-20(30)27-6-4-26(5-7-27)10-18(29)25-16-8-15(21)2-3-17(16)28-13-22-12-23-28/h2-3,8,11-13H,4-7,9-10H2,1H3,(H,25,29). The van der Waals surface area contributed by atoms with Crippen molar-refractivity contribution in [2.24, 2.45) is 0 Å². The summed E-state index contributed by atoms with van der Waals surface area (Å²) >= 11 is 7.62. The Morgan fingerprint density at radius 3 is 2.71 bits per heavy atom. The minimum atomic E-state index is -0.151. The van der Waals surface area contributed by atoms with Crippen LogP contribution in [-0.4, -0.2) is 74.1 Å². The third-order valence-electron chi connectivity index (χ3n) is 4.96. The third-order valence-corrected chi connectivity index (χ3v) is 6.16. The van der Waals surface area contributed by atoms with E-state index in [1.165, 1.54) is 17.7 Å². The van der Waals surface area contributed by atoms with E-state index in [1.54, 1.807) is 29.2 Å². The van der Waals surface area contributed by atoms with Gasteiger partial charge in [-0.1, -0.05) is 11.6 Å². The second-order valence-electron chi connectivity index (χ2n) is 7.27. The molecule has 31 heavy (non-hydrogen) atoms. The number of carbonyl (C=O) groups is 2. The Kier molecular flexibility index (Phi) is 6.59. The van der Waals surface area contributed by atoms with Crippen molar-refractivity contribution in [3.05, 3.63) is 52.0 Å². The Morgan fingerprint density at radius 1 is 1.23 bits per heavy atom. The summed E-state index contributed by atoms with van der Waals surface area (Å²) in [6.07, 6.45) is 3.32. The molecule has 1 saturated heterocycles. The second-order valence-corrected chi connectivity index (χ2v) is 8.65. The predicted molar refractivity (Wildman–Crippen MR) is 119 cm³/mol. The zero-order valence-corrected chi connectivity index (χ0v) is 18.6. The van der Waals surface area contributed by atoms with E-state index in [0.29, 0.717) is 49.0 Å². The van der Waals surface area contributed by atoms with Gasteiger partial charge in [-0.15, -0.1) is 11.3 Å². The van der Waals surface area contributed by atoms with Crippen molar-refractivity contribution in [2.75, 3.05) is 38.0 Å². The highest BCUT2D eigenvalue weighted by molar-refractivity contribution is 7.09. The fourth-order valence-corrected chi connectivity index (χ4v) is 4.35. The van der Waals surface area contributed by atoms with Crippen LogP contribution in [0.1, 0.15) is 10.7 Å². The lowest BCUT2D eigenvalue weighted by molar-refractivity contribution is -0.132. The molecule has 0 saturated carbocycles. The maximum absolute atomic E-state index is 12.6. The van der Waals surface area contributed by atoms with Crippen LogP contribution in [0.25, 0.3) is 5.69 Å². The molecule has 0 unspecified atom stereocenters. The highest BCUT2D eigenvalue weighted by Gasteiger charge is 2.23. The predicted octanol–water partition coefficient (Wildman–Crippen LogP) is 2.01. The molecule has 3 heterocycles. The van der Waals surface area contributed by atoms with E-state index in [9.17, 15) is 9.59 Å². The lowest BCUT2D eigenvalue weighted by Crippen LogP contribution is -2.50. The second kappa shape index (κ2) is 9.54. The zero-order chi connectivity index (χ0) is 21.8. The van der Waals surface area contributed by atoms with Gasteiger partial charge >= 0.3 is 0 Å². The van der Waals surface area contributed by atoms with Crippen molar-refractivity contribution in [3.8, 4) is 5.69 Å². The minimum absolute atomic E-state index is 0.0786. The molecule has 1 N–H and O–H groups in total. The SMILES string of the molecule is Cc1csc(CC(=O)N2CCN(CC(=O)Nc3cc(Cl)ccc3-n3cncn3)CC2)n1. The van der Waals surface area contributed by atoms with E-state index in [4.69, 9.17) is 11.6 Å². The summed E-state index contributed by atoms with van der Waals surface area (Å²) in [6.45, 7) is 4.63. The Hall–Kier alpha value is -2.82. The number of hydrogen-bond acceptors (Lipinski definition) is 7. The van der Waals surface area contributed by atoms with Crippen molar-refractivity contribution < 1.29 is 9.59 Å². The van der Waals surface area contributed by atoms with Crippen molar-refractivity contribution in [1.82, 2.24) is 29.5 Å². The molecule has 0 spiro atoms. The molecule has 4 rings (SSSR count). The van der Waals surface area contributed by atoms with Crippen LogP contribution in [0.2, 0.25) is 5.02 Å². The number of aryl methyl sites for hydroxylation is 1. The molecule has 1 fully saturated rings. The summed E-state index contributed by atoms with van der Waals surface area (Å²) in [6, 6.07) is 5.20. The number of thiazole rings is 1. The van der Waals surface area contributed by atoms with Crippen LogP contribution < -0.4 is 5.32 Å². The highest BCUT2D eigenvalue weighted by Crippen LogP contribution is 2.24. The maximum atomic E-state index is 12.6. The first kappa shape index (κ1) is 21.4. The summed E-state index contributed by atoms with van der Waals surface area (Å²) < 4.78 is 1.57. The minimum Gasteiger partial charge on any atom is -0.340 e. The van der Waals surface area contributed by atoms with Crippen LogP contribution in [-0.2, 0) is 16.0 Å². The molecule has 162 valence electrons. The molecule has 0 radical (unpaired) electrons. The van der Waals surface area contributed by atoms with Crippen LogP contribution >= 0.6 is 22.9 Å². The average Bonchev–Trinajstić information content (AvgIpc) is 3.40. The van der Waals surface area contributed by atoms with E-state index < -0.39 is 0 Å². The number of rotatable bonds is 6. The van der Waals surface area contributed by atoms with E-state index in [-0.39, 0.29) is 18.4 Å². The molecule has 1 aliphatic heterocycles. The number of carbonyl (C=O) groups excluding carboxylic acids is 2. The summed E-state index contributed by atoms with van der Waals surface area (Å²) in [5.74, 6) is -0.0727. The number of nitrogens with one attached hydrogen (secondary N) is 1. The molecule has 1 aliphatic rings. The van der Waals surface area contributed by atoms with Gasteiger partial charge in [0.15, 0.2) is 0 Å². The smallest absolute Gasteiger partial charge is 0.238 e. The molecule has 1 aromatic carbocycles. The Morgan fingerprint density at radius 2 is 2.03 bits per heavy atom. The van der Waals surface area contributed by atoms with Gasteiger partial charge in [0.2, 0.25) is 11.8 Å². The number of piperazine rings is 1. The monoisotopic (exact) mass is 459 g/mol. The maximum Gasteiger partial charge on any atom is 0.238 e. The van der Waals surface area contributed by atoms with E-state index in [0.717, 1.165) is 10.7 Å². The van der Waals surface area contributed by atoms with Gasteiger partial charge in [0.05, 0.1) is 24.3 Å². The van der Waals surface area contributed by atoms with Gasteiger partial charge in [0.25, 0.3) is 0 Å². The van der Waals surface area contributed by atoms with E-state index >= 15 is 0 Å². The van der Waals surface area contributed by atoms with Gasteiger partial charge in [0, 0.05) is 42.3 Å². The van der Waals surface area contributed by atoms with Gasteiger partial charge < -0.3 is 10.2 Å². The van der Waals surface area contributed by atoms with Gasteiger partial charge in [-0.2, -0.15) is 5.10 Å². The molecule has 0 atom stereocenters. The lowest BCUT2D eigenvalue weighted by atomic mass is 10.2. The molecule has 2 amide bonds. The first-order valence-electron chi connectivity index (χ1n) is 9.83. The van der Waals surface area contributed by atoms with Gasteiger partial charge in [-0.3, -0.25) is 14.5 Å². The van der Waals surface area contributed by atoms with Crippen LogP contribution in [0.15, 0.2) is 36.2 Å². The third kappa shape index (κ3) is 5.46. The fraction of sp³-hybridized carbons (Fsp3) is 0.350. The largest absolute Gasteiger partial charge is 0.340 e. The fourth-order valence-electron chi connectivity index (χ4n) is 3.41. The van der Waals surface area contributed by atoms with Crippen molar-refractivity contribution in [2.45, 2.75) is 13.3 Å². The summed E-state index contributed by atoms with van der Waals surface area (Å²) in [7, 11) is 0. The number of nitrogens with zero attached hydrogens (tertiary/aromatic N) is 6. The molecule has 2 aromatic heterocycles. The van der Waals surface area contributed by atoms with Crippen LogP contribution in [0.3, 0.4) is 0 Å². The van der Waals surface area contributed by atoms with E-state index in [1.807, 2.05) is 22.1 Å². The Balaban J connectivity index is 1.30. The van der Waals surface area contributed by atoms with Crippen LogP contribution in [0.5, 0.6) is 0 Å². The normalized spacial score (nSPS) is 14.6. The molecular formula is C20H22ClN7O2S. The zero-order valence-electron chi connectivity index (χ0n) is 17.0. The first-order chi connectivity index (χ1) is 15.0. The quantitative estimate of drug-likeness (QED) is 0.605. The summed E-state index contributed by atoms with van der Waals surface area (Å²) in [5, 5.41) is 10.3. The lowest BCUT2D eigenvalue weighted by Gasteiger charge is -2.34. The Bertz CT molecular complexity index is 1060. The summed E-state index contributed by atoms with van der Waals surface area (Å²) in [4.78, 5) is 37.3. The molecular weight excluding hydrogens is 438 g/mol. The highest BCUT2D eigenvalue weighted by atomic mass is 35.5. The molecule has 3 aromatic rings. The number of halogens is 1. The first-order valence-corrected chi connectivity index (χ1v) is 11.1. The number of hydrogen-bond donors (Lipinski definition) is 1. The molecule has 11 heteroatoms. The number of amides is 2. The summed E-state index contributed by atoms with van der Waals surface area (Å²) in [5.41, 5.74) is 2.19. The van der Waals surface area contributed by atoms with Crippen molar-refractivity contribution >= 4 is 40.4 Å². The van der Waals surface area contributed by atoms with Crippen LogP contribution in [0, 0.1) is 6.92 Å². The van der Waals surface area contributed by atoms with Crippen LogP contribution in [0.4, 0.5) is 5.69 Å². The molecule has 0 aliphatic carbocycles. The van der Waals surface area contributed by atoms with Gasteiger partial charge in [-0.05, 0) is 25.1 Å². The number of aromatic nitrogens is 4. The molecule has 9 nitrogen and oxygen atoms in total. The van der Waals surface area contributed by atoms with Crippen molar-refractivity contribution in [3.63, 3.8) is 0 Å². The average molecular weight is 460 g/mol. The van der Waals surface area contributed by atoms with Gasteiger partial charge in [0.1, 0.15) is 17.7 Å². The molecule has 0 bridgehead atoms. The van der Waals surface area contributed by atoms with E-state index in [2.05, 4.69) is 20.4 Å². The number of benzene rings is 1. The topological polar surface area (TPSA) is 96.2 Å².